The van der Waals surface area contributed by atoms with E-state index in [1.807, 2.05) is 13.8 Å². The van der Waals surface area contributed by atoms with Gasteiger partial charge in [0.05, 0.1) is 19.1 Å². The number of esters is 1. The molecule has 8 nitrogen and oxygen atoms in total. The van der Waals surface area contributed by atoms with Crippen molar-refractivity contribution in [3.05, 3.63) is 29.8 Å². The number of hydrogen-bond acceptors (Lipinski definition) is 5. The summed E-state index contributed by atoms with van der Waals surface area (Å²) in [4.78, 5) is 35.4. The predicted molar refractivity (Wildman–Crippen MR) is 94.7 cm³/mol. The first-order valence-corrected chi connectivity index (χ1v) is 8.16. The zero-order valence-corrected chi connectivity index (χ0v) is 14.8. The van der Waals surface area contributed by atoms with Crippen molar-refractivity contribution in [3.63, 3.8) is 0 Å². The van der Waals surface area contributed by atoms with Gasteiger partial charge in [-0.2, -0.15) is 0 Å². The van der Waals surface area contributed by atoms with E-state index in [4.69, 9.17) is 10.5 Å². The lowest BCUT2D eigenvalue weighted by atomic mass is 10.0. The van der Waals surface area contributed by atoms with Crippen LogP contribution in [0, 0.1) is 0 Å². The largest absolute Gasteiger partial charge is 0.465 e. The van der Waals surface area contributed by atoms with Gasteiger partial charge in [0.2, 0.25) is 5.91 Å². The number of anilines is 1. The minimum absolute atomic E-state index is 0.00258. The normalized spacial score (nSPS) is 11.5. The first-order valence-electron chi connectivity index (χ1n) is 8.16. The second-order valence-corrected chi connectivity index (χ2v) is 5.78. The van der Waals surface area contributed by atoms with Crippen LogP contribution < -0.4 is 21.7 Å². The van der Waals surface area contributed by atoms with Crippen molar-refractivity contribution < 1.29 is 19.1 Å². The summed E-state index contributed by atoms with van der Waals surface area (Å²) in [5.74, 6) is -0.721. The second-order valence-electron chi connectivity index (χ2n) is 5.78. The van der Waals surface area contributed by atoms with Crippen LogP contribution >= 0.6 is 0 Å². The molecule has 138 valence electrons. The molecule has 1 rings (SSSR count). The summed E-state index contributed by atoms with van der Waals surface area (Å²) in [6.45, 7) is 5.39. The van der Waals surface area contributed by atoms with Gasteiger partial charge in [-0.05, 0) is 38.5 Å². The van der Waals surface area contributed by atoms with Crippen molar-refractivity contribution in [2.75, 3.05) is 18.9 Å². The highest BCUT2D eigenvalue weighted by Gasteiger charge is 2.19. The Morgan fingerprint density at radius 2 is 1.76 bits per heavy atom. The van der Waals surface area contributed by atoms with E-state index in [-0.39, 0.29) is 31.5 Å². The van der Waals surface area contributed by atoms with Gasteiger partial charge in [-0.15, -0.1) is 0 Å². The van der Waals surface area contributed by atoms with E-state index in [9.17, 15) is 14.4 Å². The van der Waals surface area contributed by atoms with Crippen molar-refractivity contribution in [2.24, 2.45) is 0 Å². The van der Waals surface area contributed by atoms with E-state index in [0.29, 0.717) is 5.69 Å². The average molecular weight is 350 g/mol. The van der Waals surface area contributed by atoms with Gasteiger partial charge in [0.25, 0.3) is 0 Å². The fourth-order valence-electron chi connectivity index (χ4n) is 2.12. The van der Waals surface area contributed by atoms with Gasteiger partial charge in [-0.25, -0.2) is 4.79 Å². The second kappa shape index (κ2) is 10.2. The molecule has 1 unspecified atom stereocenters. The molecule has 0 fully saturated rings. The van der Waals surface area contributed by atoms with Gasteiger partial charge in [0.15, 0.2) is 0 Å². The molecule has 25 heavy (non-hydrogen) atoms. The number of ether oxygens (including phenoxy) is 1. The third kappa shape index (κ3) is 8.05. The molecule has 1 atom stereocenters. The van der Waals surface area contributed by atoms with Crippen LogP contribution in [0.1, 0.15) is 38.8 Å². The lowest BCUT2D eigenvalue weighted by molar-refractivity contribution is -0.141. The van der Waals surface area contributed by atoms with Crippen molar-refractivity contribution in [3.8, 4) is 0 Å². The van der Waals surface area contributed by atoms with Gasteiger partial charge < -0.3 is 26.4 Å². The molecule has 0 aromatic heterocycles. The molecule has 0 spiro atoms. The highest BCUT2D eigenvalue weighted by Crippen LogP contribution is 2.18. The lowest BCUT2D eigenvalue weighted by Gasteiger charge is -2.20. The van der Waals surface area contributed by atoms with Crippen LogP contribution in [0.15, 0.2) is 24.3 Å². The molecule has 0 radical (unpaired) electrons. The topological polar surface area (TPSA) is 123 Å². The van der Waals surface area contributed by atoms with Crippen LogP contribution in [0.5, 0.6) is 0 Å². The van der Waals surface area contributed by atoms with Gasteiger partial charge in [-0.1, -0.05) is 12.1 Å². The van der Waals surface area contributed by atoms with Crippen LogP contribution in [0.3, 0.4) is 0 Å². The summed E-state index contributed by atoms with van der Waals surface area (Å²) >= 11 is 0. The molecule has 0 bridgehead atoms. The fourth-order valence-corrected chi connectivity index (χ4v) is 2.12. The third-order valence-corrected chi connectivity index (χ3v) is 3.18. The predicted octanol–water partition coefficient (Wildman–Crippen LogP) is 1.09. The average Bonchev–Trinajstić information content (AvgIpc) is 2.52. The number of rotatable bonds is 8. The Balaban J connectivity index is 2.73. The first-order chi connectivity index (χ1) is 11.8. The van der Waals surface area contributed by atoms with Gasteiger partial charge in [-0.3, -0.25) is 9.59 Å². The van der Waals surface area contributed by atoms with Crippen LogP contribution in [-0.4, -0.2) is 37.1 Å². The number of urea groups is 1. The summed E-state index contributed by atoms with van der Waals surface area (Å²) in [5.41, 5.74) is 6.99. The monoisotopic (exact) mass is 350 g/mol. The maximum absolute atomic E-state index is 12.1. The zero-order chi connectivity index (χ0) is 18.8. The van der Waals surface area contributed by atoms with E-state index in [1.165, 1.54) is 0 Å². The Bertz CT molecular complexity index is 587. The quantitative estimate of drug-likeness (QED) is 0.413. The van der Waals surface area contributed by atoms with Crippen molar-refractivity contribution in [1.82, 2.24) is 16.0 Å². The summed E-state index contributed by atoms with van der Waals surface area (Å²) in [6.07, 6.45) is 0.0644. The standard InChI is InChI=1S/C17H26N4O4/c1-4-25-16(23)10-19-17(24)21-14(9-15(22)20-11(2)3)12-5-7-13(18)8-6-12/h5-8,11,14H,4,9-10,18H2,1-3H3,(H,20,22)(H2,19,21,24). The number of carbonyl (C=O) groups excluding carboxylic acids is 3. The van der Waals surface area contributed by atoms with Crippen molar-refractivity contribution in [1.29, 1.82) is 0 Å². The van der Waals surface area contributed by atoms with E-state index < -0.39 is 18.0 Å². The Morgan fingerprint density at radius 1 is 1.12 bits per heavy atom. The van der Waals surface area contributed by atoms with E-state index in [2.05, 4.69) is 16.0 Å². The molecule has 0 aliphatic rings. The van der Waals surface area contributed by atoms with Crippen LogP contribution in [-0.2, 0) is 14.3 Å². The lowest BCUT2D eigenvalue weighted by Crippen LogP contribution is -2.42. The summed E-state index contributed by atoms with van der Waals surface area (Å²) < 4.78 is 4.74. The molecule has 5 N–H and O–H groups in total. The van der Waals surface area contributed by atoms with Crippen LogP contribution in [0.25, 0.3) is 0 Å². The minimum atomic E-state index is -0.563. The Morgan fingerprint density at radius 3 is 2.32 bits per heavy atom. The maximum atomic E-state index is 12.1. The number of amides is 3. The Hall–Kier alpha value is -2.77. The molecule has 0 saturated carbocycles. The van der Waals surface area contributed by atoms with Crippen molar-refractivity contribution in [2.45, 2.75) is 39.3 Å². The molecule has 1 aromatic rings. The third-order valence-electron chi connectivity index (χ3n) is 3.18. The Kier molecular flexibility index (Phi) is 8.25. The van der Waals surface area contributed by atoms with Gasteiger partial charge in [0, 0.05) is 11.7 Å². The van der Waals surface area contributed by atoms with Crippen LogP contribution in [0.2, 0.25) is 0 Å². The highest BCUT2D eigenvalue weighted by atomic mass is 16.5. The number of hydrogen-bond donors (Lipinski definition) is 4. The number of nitrogen functional groups attached to an aromatic ring is 1. The highest BCUT2D eigenvalue weighted by molar-refractivity contribution is 5.82. The summed E-state index contributed by atoms with van der Waals surface area (Å²) in [6, 6.07) is 5.76. The Labute approximate surface area is 147 Å². The molecule has 0 heterocycles. The number of nitrogens with two attached hydrogens (primary N) is 1. The first kappa shape index (κ1) is 20.3. The van der Waals surface area contributed by atoms with E-state index in [1.54, 1.807) is 31.2 Å². The molecular weight excluding hydrogens is 324 g/mol. The molecule has 0 aliphatic carbocycles. The molecular formula is C17H26N4O4. The molecule has 1 aromatic carbocycles. The molecule has 0 saturated heterocycles. The van der Waals surface area contributed by atoms with Gasteiger partial charge in [0.1, 0.15) is 6.54 Å². The van der Waals surface area contributed by atoms with E-state index >= 15 is 0 Å². The fraction of sp³-hybridized carbons (Fsp3) is 0.471. The molecule has 3 amide bonds. The number of carbonyl (C=O) groups is 3. The van der Waals surface area contributed by atoms with E-state index in [0.717, 1.165) is 5.56 Å². The molecule has 8 heteroatoms. The summed E-state index contributed by atoms with van der Waals surface area (Å²) in [5, 5.41) is 7.89. The van der Waals surface area contributed by atoms with Gasteiger partial charge >= 0.3 is 12.0 Å². The zero-order valence-electron chi connectivity index (χ0n) is 14.8. The maximum Gasteiger partial charge on any atom is 0.325 e. The van der Waals surface area contributed by atoms with Crippen LogP contribution in [0.4, 0.5) is 10.5 Å². The van der Waals surface area contributed by atoms with Crippen molar-refractivity contribution >= 4 is 23.6 Å². The molecule has 0 aliphatic heterocycles. The smallest absolute Gasteiger partial charge is 0.325 e. The minimum Gasteiger partial charge on any atom is -0.465 e. The summed E-state index contributed by atoms with van der Waals surface area (Å²) in [7, 11) is 0. The number of benzene rings is 1. The SMILES string of the molecule is CCOC(=O)CNC(=O)NC(CC(=O)NC(C)C)c1ccc(N)cc1. The number of nitrogens with one attached hydrogen (secondary N) is 3.